The third-order valence-electron chi connectivity index (χ3n) is 5.96. The number of hydrogen-bond donors (Lipinski definition) is 1. The number of carbonyl (C=O) groups excluding carboxylic acids is 1. The molecule has 28 heavy (non-hydrogen) atoms. The average Bonchev–Trinajstić information content (AvgIpc) is 2.91. The predicted octanol–water partition coefficient (Wildman–Crippen LogP) is 3.29. The lowest BCUT2D eigenvalue weighted by Crippen LogP contribution is -2.47. The second-order valence-corrected chi connectivity index (χ2v) is 10.3. The number of benzene rings is 2. The van der Waals surface area contributed by atoms with Gasteiger partial charge < -0.3 is 5.73 Å². The number of primary amides is 1. The molecule has 1 spiro atoms. The maximum atomic E-state index is 13.5. The summed E-state index contributed by atoms with van der Waals surface area (Å²) in [4.78, 5) is 11.8. The Morgan fingerprint density at radius 1 is 1.18 bits per heavy atom. The Hall–Kier alpha value is -2.06. The van der Waals surface area contributed by atoms with Gasteiger partial charge in [-0.2, -0.15) is 11.8 Å². The topological polar surface area (TPSA) is 80.5 Å². The fourth-order valence-corrected chi connectivity index (χ4v) is 7.38. The van der Waals surface area contributed by atoms with Crippen molar-refractivity contribution >= 4 is 33.4 Å². The van der Waals surface area contributed by atoms with Crippen molar-refractivity contribution in [3.63, 3.8) is 0 Å². The van der Waals surface area contributed by atoms with Gasteiger partial charge >= 0.3 is 0 Å². The van der Waals surface area contributed by atoms with Crippen molar-refractivity contribution in [2.75, 3.05) is 15.8 Å². The number of rotatable bonds is 3. The van der Waals surface area contributed by atoms with Crippen LogP contribution in [0.5, 0.6) is 0 Å². The molecule has 4 rings (SSSR count). The number of nitrogens with zero attached hydrogens (tertiary/aromatic N) is 1. The van der Waals surface area contributed by atoms with Crippen LogP contribution in [0.15, 0.2) is 47.4 Å². The minimum atomic E-state index is -3.88. The van der Waals surface area contributed by atoms with Crippen molar-refractivity contribution in [3.05, 3.63) is 59.4 Å². The minimum absolute atomic E-state index is 0.0490. The zero-order chi connectivity index (χ0) is 20.1. The van der Waals surface area contributed by atoms with Gasteiger partial charge in [0.2, 0.25) is 5.91 Å². The average molecular weight is 421 g/mol. The number of sulfonamides is 1. The first-order valence-electron chi connectivity index (χ1n) is 9.09. The lowest BCUT2D eigenvalue weighted by molar-refractivity contribution is 0.1000. The SMILES string of the molecule is CC1N(S(=O)(=O)c2ccc(F)cc2)c2ccc(C(N)=O)cc2C12CCSCC2. The van der Waals surface area contributed by atoms with E-state index in [4.69, 9.17) is 5.73 Å². The fourth-order valence-electron chi connectivity index (χ4n) is 4.42. The van der Waals surface area contributed by atoms with Crippen LogP contribution in [-0.2, 0) is 15.4 Å². The largest absolute Gasteiger partial charge is 0.366 e. The molecular weight excluding hydrogens is 399 g/mol. The van der Waals surface area contributed by atoms with Gasteiger partial charge in [-0.25, -0.2) is 12.8 Å². The zero-order valence-corrected chi connectivity index (χ0v) is 17.0. The Labute approximate surface area is 168 Å². The van der Waals surface area contributed by atoms with Gasteiger partial charge in [0.1, 0.15) is 5.82 Å². The van der Waals surface area contributed by atoms with Gasteiger partial charge in [0.15, 0.2) is 0 Å². The van der Waals surface area contributed by atoms with Crippen LogP contribution in [0.1, 0.15) is 35.7 Å². The van der Waals surface area contributed by atoms with Gasteiger partial charge in [-0.15, -0.1) is 0 Å². The third kappa shape index (κ3) is 2.81. The first kappa shape index (κ1) is 19.3. The maximum absolute atomic E-state index is 13.5. The Kier molecular flexibility index (Phi) is 4.66. The monoisotopic (exact) mass is 420 g/mol. The lowest BCUT2D eigenvalue weighted by Gasteiger charge is -2.39. The van der Waals surface area contributed by atoms with Crippen molar-refractivity contribution < 1.29 is 17.6 Å². The molecule has 0 aliphatic carbocycles. The molecule has 0 radical (unpaired) electrons. The van der Waals surface area contributed by atoms with Gasteiger partial charge in [0.25, 0.3) is 10.0 Å². The molecule has 1 amide bonds. The molecule has 2 aromatic carbocycles. The minimum Gasteiger partial charge on any atom is -0.366 e. The van der Waals surface area contributed by atoms with E-state index in [9.17, 15) is 17.6 Å². The van der Waals surface area contributed by atoms with Gasteiger partial charge in [-0.3, -0.25) is 9.10 Å². The first-order valence-corrected chi connectivity index (χ1v) is 11.7. The third-order valence-corrected chi connectivity index (χ3v) is 8.85. The second kappa shape index (κ2) is 6.77. The number of hydrogen-bond acceptors (Lipinski definition) is 4. The Balaban J connectivity index is 1.90. The van der Waals surface area contributed by atoms with Crippen LogP contribution in [0.25, 0.3) is 0 Å². The van der Waals surface area contributed by atoms with Crippen molar-refractivity contribution in [2.45, 2.75) is 36.1 Å². The van der Waals surface area contributed by atoms with Crippen LogP contribution in [-0.4, -0.2) is 31.9 Å². The summed E-state index contributed by atoms with van der Waals surface area (Å²) in [5.74, 6) is 0.834. The highest BCUT2D eigenvalue weighted by atomic mass is 32.2. The normalized spacial score (nSPS) is 20.9. The highest BCUT2D eigenvalue weighted by Gasteiger charge is 2.53. The highest BCUT2D eigenvalue weighted by Crippen LogP contribution is 2.54. The number of thioether (sulfide) groups is 1. The summed E-state index contributed by atoms with van der Waals surface area (Å²) in [6, 6.07) is 9.55. The molecule has 0 aromatic heterocycles. The number of fused-ring (bicyclic) bond motifs is 2. The van der Waals surface area contributed by atoms with Crippen LogP contribution >= 0.6 is 11.8 Å². The summed E-state index contributed by atoms with van der Waals surface area (Å²) < 4.78 is 41.7. The van der Waals surface area contributed by atoms with Crippen molar-refractivity contribution in [3.8, 4) is 0 Å². The van der Waals surface area contributed by atoms with Crippen molar-refractivity contribution in [1.82, 2.24) is 0 Å². The Morgan fingerprint density at radius 3 is 2.43 bits per heavy atom. The molecule has 2 aliphatic heterocycles. The predicted molar refractivity (Wildman–Crippen MR) is 109 cm³/mol. The van der Waals surface area contributed by atoms with Gasteiger partial charge in [0.05, 0.1) is 16.6 Å². The van der Waals surface area contributed by atoms with E-state index >= 15 is 0 Å². The number of carbonyl (C=O) groups is 1. The van der Waals surface area contributed by atoms with E-state index in [1.807, 2.05) is 18.7 Å². The molecule has 0 saturated carbocycles. The molecule has 2 N–H and O–H groups in total. The second-order valence-electron chi connectivity index (χ2n) is 7.30. The van der Waals surface area contributed by atoms with E-state index in [1.54, 1.807) is 18.2 Å². The lowest BCUT2D eigenvalue weighted by atomic mass is 9.72. The van der Waals surface area contributed by atoms with Crippen LogP contribution in [0.3, 0.4) is 0 Å². The van der Waals surface area contributed by atoms with Crippen LogP contribution in [0.4, 0.5) is 10.1 Å². The summed E-state index contributed by atoms with van der Waals surface area (Å²) >= 11 is 1.85. The molecule has 1 unspecified atom stereocenters. The first-order chi connectivity index (χ1) is 13.3. The standard InChI is InChI=1S/C20H21FN2O3S2/c1-13-20(8-10-27-11-9-20)17-12-14(19(22)24)2-7-18(17)23(13)28(25,26)16-5-3-15(21)4-6-16/h2-7,12-13H,8-11H2,1H3,(H2,22,24). The van der Waals surface area contributed by atoms with E-state index in [-0.39, 0.29) is 16.4 Å². The number of amides is 1. The molecule has 2 aromatic rings. The van der Waals surface area contributed by atoms with E-state index in [0.717, 1.165) is 42.0 Å². The number of halogens is 1. The van der Waals surface area contributed by atoms with Crippen molar-refractivity contribution in [1.29, 1.82) is 0 Å². The summed E-state index contributed by atoms with van der Waals surface area (Å²) in [5.41, 5.74) is 6.93. The molecule has 5 nitrogen and oxygen atoms in total. The summed E-state index contributed by atoms with van der Waals surface area (Å²) in [5, 5.41) is 0. The molecule has 1 saturated heterocycles. The van der Waals surface area contributed by atoms with Gasteiger partial charge in [-0.05, 0) is 79.3 Å². The molecule has 148 valence electrons. The molecule has 2 heterocycles. The van der Waals surface area contributed by atoms with Crippen LogP contribution in [0, 0.1) is 5.82 Å². The van der Waals surface area contributed by atoms with Crippen LogP contribution < -0.4 is 10.0 Å². The molecule has 2 aliphatic rings. The summed E-state index contributed by atoms with van der Waals surface area (Å²) in [6.07, 6.45) is 1.65. The van der Waals surface area contributed by atoms with Crippen molar-refractivity contribution in [2.24, 2.45) is 5.73 Å². The number of anilines is 1. The van der Waals surface area contributed by atoms with E-state index < -0.39 is 21.7 Å². The summed E-state index contributed by atoms with van der Waals surface area (Å²) in [6.45, 7) is 1.92. The fraction of sp³-hybridized carbons (Fsp3) is 0.350. The molecule has 0 bridgehead atoms. The highest BCUT2D eigenvalue weighted by molar-refractivity contribution is 7.99. The number of nitrogens with two attached hydrogens (primary N) is 1. The summed E-state index contributed by atoms with van der Waals surface area (Å²) in [7, 11) is -3.88. The Morgan fingerprint density at radius 2 is 1.82 bits per heavy atom. The van der Waals surface area contributed by atoms with E-state index in [1.165, 1.54) is 16.4 Å². The molecule has 1 atom stereocenters. The zero-order valence-electron chi connectivity index (χ0n) is 15.4. The molecular formula is C20H21FN2O3S2. The quantitative estimate of drug-likeness (QED) is 0.826. The molecule has 1 fully saturated rings. The van der Waals surface area contributed by atoms with Crippen LogP contribution in [0.2, 0.25) is 0 Å². The molecule has 8 heteroatoms. The maximum Gasteiger partial charge on any atom is 0.264 e. The van der Waals surface area contributed by atoms with E-state index in [0.29, 0.717) is 11.3 Å². The smallest absolute Gasteiger partial charge is 0.264 e. The van der Waals surface area contributed by atoms with Gasteiger partial charge in [-0.1, -0.05) is 0 Å². The Bertz CT molecular complexity index is 1030. The van der Waals surface area contributed by atoms with E-state index in [2.05, 4.69) is 0 Å². The van der Waals surface area contributed by atoms with Gasteiger partial charge in [0, 0.05) is 11.0 Å².